The van der Waals surface area contributed by atoms with Crippen molar-refractivity contribution in [1.29, 1.82) is 0 Å². The minimum absolute atomic E-state index is 0.145. The number of hydrogen-bond donors (Lipinski definition) is 2. The van der Waals surface area contributed by atoms with Crippen LogP contribution in [0.3, 0.4) is 0 Å². The predicted molar refractivity (Wildman–Crippen MR) is 136 cm³/mol. The molecule has 174 valence electrons. The second-order valence-electron chi connectivity index (χ2n) is 9.04. The number of hydrazine groups is 1. The summed E-state index contributed by atoms with van der Waals surface area (Å²) in [5, 5.41) is 7.94. The molecule has 5 rings (SSSR count). The Kier molecular flexibility index (Phi) is 6.51. The molecular formula is C26H33N5OS. The third-order valence-corrected chi connectivity index (χ3v) is 7.73. The number of nitrogens with zero attached hydrogens (tertiary/aromatic N) is 3. The first kappa shape index (κ1) is 22.2. The number of fused-ring (bicyclic) bond motifs is 3. The normalized spacial score (nSPS) is 23.2. The van der Waals surface area contributed by atoms with Gasteiger partial charge in [-0.3, -0.25) is 5.43 Å². The van der Waals surface area contributed by atoms with Gasteiger partial charge in [-0.15, -0.1) is 0 Å². The third kappa shape index (κ3) is 4.70. The van der Waals surface area contributed by atoms with Crippen molar-refractivity contribution in [3.63, 3.8) is 0 Å². The SMILES string of the molecule is CCCCOc1ccc(C2CC3C4NN=C(SCc5ccc(C)c(C)c5)N4C=CN3N2)cc1. The lowest BCUT2D eigenvalue weighted by Gasteiger charge is -2.36. The molecule has 2 aromatic carbocycles. The zero-order chi connectivity index (χ0) is 22.8. The lowest BCUT2D eigenvalue weighted by Crippen LogP contribution is -2.54. The van der Waals surface area contributed by atoms with Crippen LogP contribution in [-0.2, 0) is 5.75 Å². The molecule has 0 amide bonds. The second kappa shape index (κ2) is 9.69. The maximum atomic E-state index is 5.82. The van der Waals surface area contributed by atoms with Gasteiger partial charge >= 0.3 is 0 Å². The molecule has 6 nitrogen and oxygen atoms in total. The summed E-state index contributed by atoms with van der Waals surface area (Å²) in [5.41, 5.74) is 12.3. The molecule has 7 heteroatoms. The third-order valence-electron chi connectivity index (χ3n) is 6.69. The highest BCUT2D eigenvalue weighted by molar-refractivity contribution is 8.13. The van der Waals surface area contributed by atoms with Crippen LogP contribution in [0.2, 0.25) is 0 Å². The van der Waals surface area contributed by atoms with Gasteiger partial charge in [-0.25, -0.2) is 5.43 Å². The Labute approximate surface area is 201 Å². The summed E-state index contributed by atoms with van der Waals surface area (Å²) in [6, 6.07) is 15.8. The summed E-state index contributed by atoms with van der Waals surface area (Å²) < 4.78 is 5.82. The van der Waals surface area contributed by atoms with E-state index in [9.17, 15) is 0 Å². The van der Waals surface area contributed by atoms with Crippen molar-refractivity contribution < 1.29 is 4.74 Å². The van der Waals surface area contributed by atoms with Gasteiger partial charge < -0.3 is 14.6 Å². The summed E-state index contributed by atoms with van der Waals surface area (Å²) >= 11 is 1.79. The van der Waals surface area contributed by atoms with Crippen LogP contribution in [0.1, 0.15) is 54.5 Å². The number of nitrogens with one attached hydrogen (secondary N) is 2. The smallest absolute Gasteiger partial charge is 0.189 e. The Morgan fingerprint density at radius 3 is 2.73 bits per heavy atom. The van der Waals surface area contributed by atoms with Crippen molar-refractivity contribution in [3.05, 3.63) is 77.1 Å². The molecule has 0 aromatic heterocycles. The van der Waals surface area contributed by atoms with E-state index < -0.39 is 0 Å². The van der Waals surface area contributed by atoms with Gasteiger partial charge in [0.25, 0.3) is 0 Å². The van der Waals surface area contributed by atoms with E-state index in [1.807, 2.05) is 0 Å². The fourth-order valence-corrected chi connectivity index (χ4v) is 5.46. The number of ether oxygens (including phenoxy) is 1. The van der Waals surface area contributed by atoms with Crippen molar-refractivity contribution in [1.82, 2.24) is 20.8 Å². The molecule has 33 heavy (non-hydrogen) atoms. The lowest BCUT2D eigenvalue weighted by atomic mass is 10.00. The maximum Gasteiger partial charge on any atom is 0.189 e. The van der Waals surface area contributed by atoms with Crippen molar-refractivity contribution in [2.24, 2.45) is 5.10 Å². The standard InChI is InChI=1S/C26H33N5OS/c1-4-5-14-32-22-10-8-21(9-11-22)23-16-24-25-27-28-26(30(25)12-13-31(24)29-23)33-17-20-7-6-18(2)19(3)15-20/h6-13,15,23-25,27,29H,4-5,14,16-17H2,1-3H3. The molecular weight excluding hydrogens is 430 g/mol. The highest BCUT2D eigenvalue weighted by Gasteiger charge is 2.44. The fourth-order valence-electron chi connectivity index (χ4n) is 4.54. The quantitative estimate of drug-likeness (QED) is 0.562. The molecule has 3 atom stereocenters. The van der Waals surface area contributed by atoms with Crippen LogP contribution in [-0.4, -0.2) is 33.9 Å². The lowest BCUT2D eigenvalue weighted by molar-refractivity contribution is 0.152. The number of rotatable bonds is 7. The van der Waals surface area contributed by atoms with Crippen molar-refractivity contribution >= 4 is 16.9 Å². The maximum absolute atomic E-state index is 5.82. The van der Waals surface area contributed by atoms with Crippen LogP contribution in [0.15, 0.2) is 60.0 Å². The summed E-state index contributed by atoms with van der Waals surface area (Å²) in [6.07, 6.45) is 7.67. The van der Waals surface area contributed by atoms with E-state index in [0.29, 0.717) is 6.04 Å². The molecule has 2 N–H and O–H groups in total. The van der Waals surface area contributed by atoms with Crippen LogP contribution >= 0.6 is 11.8 Å². The van der Waals surface area contributed by atoms with Gasteiger partial charge in [-0.2, -0.15) is 5.10 Å². The molecule has 0 aliphatic carbocycles. The minimum Gasteiger partial charge on any atom is -0.494 e. The molecule has 0 saturated carbocycles. The molecule has 1 fully saturated rings. The van der Waals surface area contributed by atoms with Crippen molar-refractivity contribution in [3.8, 4) is 5.75 Å². The zero-order valence-electron chi connectivity index (χ0n) is 19.6. The van der Waals surface area contributed by atoms with Gasteiger partial charge in [-0.1, -0.05) is 55.4 Å². The van der Waals surface area contributed by atoms with E-state index in [0.717, 1.165) is 42.5 Å². The number of amidine groups is 1. The Bertz CT molecular complexity index is 1040. The summed E-state index contributed by atoms with van der Waals surface area (Å²) in [7, 11) is 0. The van der Waals surface area contributed by atoms with E-state index in [2.05, 4.69) is 101 Å². The topological polar surface area (TPSA) is 52.1 Å². The van der Waals surface area contributed by atoms with Gasteiger partial charge in [0.15, 0.2) is 5.17 Å². The molecule has 3 aliphatic heterocycles. The van der Waals surface area contributed by atoms with Crippen LogP contribution in [0.4, 0.5) is 0 Å². The molecule has 3 aliphatic rings. The predicted octanol–water partition coefficient (Wildman–Crippen LogP) is 5.02. The van der Waals surface area contributed by atoms with Crippen LogP contribution < -0.4 is 15.6 Å². The van der Waals surface area contributed by atoms with Gasteiger partial charge in [0.05, 0.1) is 18.7 Å². The molecule has 2 aromatic rings. The van der Waals surface area contributed by atoms with Crippen molar-refractivity contribution in [2.75, 3.05) is 6.61 Å². The minimum atomic E-state index is 0.145. The second-order valence-corrected chi connectivity index (χ2v) is 9.99. The molecule has 3 heterocycles. The number of thioether (sulfide) groups is 1. The molecule has 0 spiro atoms. The number of hydrogen-bond acceptors (Lipinski definition) is 7. The highest BCUT2D eigenvalue weighted by atomic mass is 32.2. The first-order valence-electron chi connectivity index (χ1n) is 11.9. The molecule has 3 unspecified atom stereocenters. The number of benzene rings is 2. The van der Waals surface area contributed by atoms with Crippen LogP contribution in [0, 0.1) is 13.8 Å². The Morgan fingerprint density at radius 1 is 1.09 bits per heavy atom. The number of unbranched alkanes of at least 4 members (excludes halogenated alkanes) is 1. The monoisotopic (exact) mass is 463 g/mol. The average Bonchev–Trinajstić information content (AvgIpc) is 3.44. The number of hydrazone groups is 1. The van der Waals surface area contributed by atoms with Crippen LogP contribution in [0.5, 0.6) is 5.75 Å². The zero-order valence-corrected chi connectivity index (χ0v) is 20.4. The summed E-state index contributed by atoms with van der Waals surface area (Å²) in [4.78, 5) is 2.28. The first-order chi connectivity index (χ1) is 16.1. The Morgan fingerprint density at radius 2 is 1.94 bits per heavy atom. The summed E-state index contributed by atoms with van der Waals surface area (Å²) in [6.45, 7) is 7.29. The average molecular weight is 464 g/mol. The van der Waals surface area contributed by atoms with Crippen LogP contribution in [0.25, 0.3) is 0 Å². The molecule has 0 bridgehead atoms. The van der Waals surface area contributed by atoms with Gasteiger partial charge in [0.1, 0.15) is 11.9 Å². The Balaban J connectivity index is 1.19. The van der Waals surface area contributed by atoms with Crippen molar-refractivity contribution in [2.45, 2.75) is 64.0 Å². The van der Waals surface area contributed by atoms with E-state index in [1.54, 1.807) is 11.8 Å². The van der Waals surface area contributed by atoms with E-state index >= 15 is 0 Å². The van der Waals surface area contributed by atoms with Gasteiger partial charge in [0.2, 0.25) is 0 Å². The van der Waals surface area contributed by atoms with Gasteiger partial charge in [0, 0.05) is 18.2 Å². The van der Waals surface area contributed by atoms with E-state index in [-0.39, 0.29) is 12.2 Å². The van der Waals surface area contributed by atoms with Gasteiger partial charge in [-0.05, 0) is 61.1 Å². The van der Waals surface area contributed by atoms with E-state index in [4.69, 9.17) is 4.74 Å². The van der Waals surface area contributed by atoms with E-state index in [1.165, 1.54) is 22.3 Å². The first-order valence-corrected chi connectivity index (χ1v) is 12.9. The molecule has 0 radical (unpaired) electrons. The summed E-state index contributed by atoms with van der Waals surface area (Å²) in [5.74, 6) is 1.87. The highest BCUT2D eigenvalue weighted by Crippen LogP contribution is 2.36. The number of aryl methyl sites for hydroxylation is 2. The fraction of sp³-hybridized carbons (Fsp3) is 0.423. The largest absolute Gasteiger partial charge is 0.494 e. The Hall–Kier alpha value is -2.64. The molecule has 1 saturated heterocycles.